The number of hydrogen-bond acceptors (Lipinski definition) is 6. The molecule has 1 atom stereocenters. The fourth-order valence-electron chi connectivity index (χ4n) is 2.07. The standard InChI is InChI=1S/C11H16BrN4O5P/c12-9-3-8-10(13)14-5-15-11(8)16(9)7(4-17)1-2-21-6-22(18,19)20/h3,5,7,17H,1-2,4,6H2,(H2,13,14,15)(H2,18,19,20). The highest BCUT2D eigenvalue weighted by atomic mass is 79.9. The fraction of sp³-hybridized carbons (Fsp3) is 0.455. The number of fused-ring (bicyclic) bond motifs is 1. The number of nitrogen functional groups attached to an aromatic ring is 1. The summed E-state index contributed by atoms with van der Waals surface area (Å²) in [6.45, 7) is -0.103. The second kappa shape index (κ2) is 7.03. The highest BCUT2D eigenvalue weighted by Gasteiger charge is 2.19. The minimum Gasteiger partial charge on any atom is -0.394 e. The molecule has 0 aliphatic carbocycles. The van der Waals surface area contributed by atoms with Gasteiger partial charge in [-0.1, -0.05) is 0 Å². The molecule has 9 nitrogen and oxygen atoms in total. The zero-order valence-electron chi connectivity index (χ0n) is 11.5. The van der Waals surface area contributed by atoms with Crippen LogP contribution < -0.4 is 5.73 Å². The number of aromatic nitrogens is 3. The van der Waals surface area contributed by atoms with E-state index in [0.717, 1.165) is 0 Å². The molecular formula is C11H16BrN4O5P. The zero-order valence-corrected chi connectivity index (χ0v) is 13.9. The van der Waals surface area contributed by atoms with Crippen LogP contribution in [0, 0.1) is 0 Å². The Morgan fingerprint density at radius 2 is 2.18 bits per heavy atom. The maximum Gasteiger partial charge on any atom is 0.350 e. The van der Waals surface area contributed by atoms with Gasteiger partial charge in [-0.3, -0.25) is 4.57 Å². The monoisotopic (exact) mass is 394 g/mol. The number of nitrogens with two attached hydrogens (primary N) is 1. The predicted octanol–water partition coefficient (Wildman–Crippen LogP) is 0.851. The van der Waals surface area contributed by atoms with E-state index in [9.17, 15) is 9.67 Å². The van der Waals surface area contributed by atoms with Crippen molar-refractivity contribution in [3.8, 4) is 0 Å². The molecule has 5 N–H and O–H groups in total. The maximum atomic E-state index is 10.7. The SMILES string of the molecule is Nc1ncnc2c1cc(Br)n2C(CO)CCOCP(=O)(O)O. The number of anilines is 1. The third-order valence-corrected chi connectivity index (χ3v) is 4.18. The minimum atomic E-state index is -4.19. The molecule has 0 radical (unpaired) electrons. The van der Waals surface area contributed by atoms with Gasteiger partial charge in [0.15, 0.2) is 0 Å². The van der Waals surface area contributed by atoms with Crippen LogP contribution >= 0.6 is 23.5 Å². The van der Waals surface area contributed by atoms with Gasteiger partial charge in [0.05, 0.1) is 22.6 Å². The Labute approximate surface area is 134 Å². The van der Waals surface area contributed by atoms with Crippen LogP contribution in [0.15, 0.2) is 17.0 Å². The van der Waals surface area contributed by atoms with Crippen LogP contribution in [0.25, 0.3) is 11.0 Å². The Balaban J connectivity index is 2.16. The van der Waals surface area contributed by atoms with Crippen LogP contribution in [0.2, 0.25) is 0 Å². The van der Waals surface area contributed by atoms with Gasteiger partial charge < -0.3 is 29.9 Å². The molecule has 11 heteroatoms. The van der Waals surface area contributed by atoms with E-state index in [-0.39, 0.29) is 19.3 Å². The Hall–Kier alpha value is -1.03. The summed E-state index contributed by atoms with van der Waals surface area (Å²) in [5.74, 6) is 0.332. The van der Waals surface area contributed by atoms with Crippen molar-refractivity contribution in [3.05, 3.63) is 17.0 Å². The molecule has 1 unspecified atom stereocenters. The lowest BCUT2D eigenvalue weighted by atomic mass is 10.2. The predicted molar refractivity (Wildman–Crippen MR) is 83.2 cm³/mol. The second-order valence-corrected chi connectivity index (χ2v) is 7.06. The first-order valence-corrected chi connectivity index (χ1v) is 8.92. The number of hydrogen-bond donors (Lipinski definition) is 4. The number of aliphatic hydroxyl groups is 1. The first kappa shape index (κ1) is 17.3. The molecule has 0 saturated carbocycles. The van der Waals surface area contributed by atoms with Crippen LogP contribution in [0.5, 0.6) is 0 Å². The second-order valence-electron chi connectivity index (χ2n) is 4.66. The summed E-state index contributed by atoms with van der Waals surface area (Å²) < 4.78 is 18.1. The summed E-state index contributed by atoms with van der Waals surface area (Å²) in [5, 5.41) is 10.2. The Bertz CT molecular complexity index is 703. The van der Waals surface area contributed by atoms with E-state index in [1.807, 2.05) is 0 Å². The maximum absolute atomic E-state index is 10.7. The summed E-state index contributed by atoms with van der Waals surface area (Å²) in [5.41, 5.74) is 6.35. The third kappa shape index (κ3) is 4.03. The summed E-state index contributed by atoms with van der Waals surface area (Å²) >= 11 is 3.39. The summed E-state index contributed by atoms with van der Waals surface area (Å²) in [6, 6.07) is 1.38. The van der Waals surface area contributed by atoms with Crippen LogP contribution in [0.4, 0.5) is 5.82 Å². The molecular weight excluding hydrogens is 379 g/mol. The van der Waals surface area contributed by atoms with Crippen LogP contribution in [0.3, 0.4) is 0 Å². The van der Waals surface area contributed by atoms with Gasteiger partial charge in [-0.15, -0.1) is 0 Å². The van der Waals surface area contributed by atoms with E-state index < -0.39 is 13.9 Å². The topological polar surface area (TPSA) is 144 Å². The van der Waals surface area contributed by atoms with Gasteiger partial charge in [0.1, 0.15) is 24.1 Å². The lowest BCUT2D eigenvalue weighted by molar-refractivity contribution is 0.127. The van der Waals surface area contributed by atoms with E-state index >= 15 is 0 Å². The third-order valence-electron chi connectivity index (χ3n) is 3.05. The molecule has 0 aliphatic rings. The van der Waals surface area contributed by atoms with Crippen molar-refractivity contribution in [2.45, 2.75) is 12.5 Å². The largest absolute Gasteiger partial charge is 0.394 e. The van der Waals surface area contributed by atoms with Gasteiger partial charge in [-0.25, -0.2) is 9.97 Å². The van der Waals surface area contributed by atoms with Gasteiger partial charge in [0, 0.05) is 6.61 Å². The molecule has 0 amide bonds. The first-order valence-electron chi connectivity index (χ1n) is 6.33. The van der Waals surface area contributed by atoms with Crippen molar-refractivity contribution in [2.75, 3.05) is 25.3 Å². The molecule has 0 spiro atoms. The lowest BCUT2D eigenvalue weighted by Gasteiger charge is -2.18. The van der Waals surface area contributed by atoms with Crippen molar-refractivity contribution >= 4 is 40.4 Å². The van der Waals surface area contributed by atoms with Crippen molar-refractivity contribution in [3.63, 3.8) is 0 Å². The zero-order chi connectivity index (χ0) is 16.3. The van der Waals surface area contributed by atoms with E-state index in [2.05, 4.69) is 25.9 Å². The van der Waals surface area contributed by atoms with E-state index in [1.54, 1.807) is 10.6 Å². The average Bonchev–Trinajstić information content (AvgIpc) is 2.76. The summed E-state index contributed by atoms with van der Waals surface area (Å²) in [7, 11) is -4.19. The Kier molecular flexibility index (Phi) is 5.54. The number of halogens is 1. The highest BCUT2D eigenvalue weighted by Crippen LogP contribution is 2.34. The molecule has 0 aromatic carbocycles. The van der Waals surface area contributed by atoms with Gasteiger partial charge >= 0.3 is 7.60 Å². The molecule has 0 bridgehead atoms. The van der Waals surface area contributed by atoms with Crippen molar-refractivity contribution in [1.82, 2.24) is 14.5 Å². The number of ether oxygens (including phenoxy) is 1. The molecule has 2 aromatic heterocycles. The number of nitrogens with zero attached hydrogens (tertiary/aromatic N) is 3. The smallest absolute Gasteiger partial charge is 0.350 e. The summed E-state index contributed by atoms with van der Waals surface area (Å²) in [4.78, 5) is 25.5. The van der Waals surface area contributed by atoms with E-state index in [1.165, 1.54) is 6.33 Å². The molecule has 122 valence electrons. The van der Waals surface area contributed by atoms with E-state index in [0.29, 0.717) is 27.9 Å². The molecule has 22 heavy (non-hydrogen) atoms. The van der Waals surface area contributed by atoms with Crippen LogP contribution in [0.1, 0.15) is 12.5 Å². The van der Waals surface area contributed by atoms with Crippen LogP contribution in [-0.2, 0) is 9.30 Å². The van der Waals surface area contributed by atoms with Gasteiger partial charge in [-0.05, 0) is 28.4 Å². The highest BCUT2D eigenvalue weighted by molar-refractivity contribution is 9.10. The summed E-state index contributed by atoms with van der Waals surface area (Å²) in [6.07, 6.45) is 1.04. The van der Waals surface area contributed by atoms with Crippen molar-refractivity contribution in [2.24, 2.45) is 0 Å². The molecule has 2 rings (SSSR count). The Morgan fingerprint density at radius 3 is 2.82 bits per heavy atom. The quantitative estimate of drug-likeness (QED) is 0.399. The number of rotatable bonds is 7. The molecule has 0 fully saturated rings. The number of aliphatic hydroxyl groups excluding tert-OH is 1. The first-order chi connectivity index (χ1) is 10.3. The fourth-order valence-corrected chi connectivity index (χ4v) is 3.13. The average molecular weight is 395 g/mol. The Morgan fingerprint density at radius 1 is 1.45 bits per heavy atom. The van der Waals surface area contributed by atoms with Gasteiger partial charge in [0.25, 0.3) is 0 Å². The van der Waals surface area contributed by atoms with Crippen molar-refractivity contribution in [1.29, 1.82) is 0 Å². The van der Waals surface area contributed by atoms with Crippen LogP contribution in [-0.4, -0.2) is 49.0 Å². The normalized spacial score (nSPS) is 13.6. The van der Waals surface area contributed by atoms with Crippen molar-refractivity contribution < 1.29 is 24.2 Å². The lowest BCUT2D eigenvalue weighted by Crippen LogP contribution is -2.16. The molecule has 2 aromatic rings. The molecule has 0 saturated heterocycles. The van der Waals surface area contributed by atoms with Gasteiger partial charge in [0.2, 0.25) is 0 Å². The molecule has 0 aliphatic heterocycles. The molecule has 2 heterocycles. The van der Waals surface area contributed by atoms with Gasteiger partial charge in [-0.2, -0.15) is 0 Å². The minimum absolute atomic E-state index is 0.0863. The van der Waals surface area contributed by atoms with E-state index in [4.69, 9.17) is 20.3 Å².